The molecule has 0 aliphatic rings. The van der Waals surface area contributed by atoms with Crippen LogP contribution in [0.3, 0.4) is 0 Å². The number of nitrogens with two attached hydrogens (primary N) is 1. The lowest BCUT2D eigenvalue weighted by atomic mass is 10.1. The summed E-state index contributed by atoms with van der Waals surface area (Å²) in [5.74, 6) is 0.748. The molecule has 0 aliphatic heterocycles. The molecule has 1 rings (SSSR count). The van der Waals surface area contributed by atoms with Crippen LogP contribution in [0.4, 0.5) is 5.69 Å². The Hall–Kier alpha value is -0.670. The predicted molar refractivity (Wildman–Crippen MR) is 62.8 cm³/mol. The second-order valence-corrected chi connectivity index (χ2v) is 4.36. The summed E-state index contributed by atoms with van der Waals surface area (Å²) in [5.41, 5.74) is 9.09. The number of anilines is 1. The highest BCUT2D eigenvalue weighted by molar-refractivity contribution is 7.99. The first-order valence-corrected chi connectivity index (χ1v) is 5.80. The summed E-state index contributed by atoms with van der Waals surface area (Å²) in [6, 6.07) is 4.01. The molecule has 14 heavy (non-hydrogen) atoms. The fourth-order valence-electron chi connectivity index (χ4n) is 1.49. The Morgan fingerprint density at radius 2 is 2.14 bits per heavy atom. The number of aliphatic hydroxyl groups is 1. The third kappa shape index (κ3) is 2.66. The van der Waals surface area contributed by atoms with Gasteiger partial charge in [0.2, 0.25) is 0 Å². The summed E-state index contributed by atoms with van der Waals surface area (Å²) in [5, 5.41) is 8.79. The van der Waals surface area contributed by atoms with Crippen LogP contribution in [-0.2, 0) is 6.42 Å². The minimum atomic E-state index is 0.220. The van der Waals surface area contributed by atoms with E-state index in [1.54, 1.807) is 11.8 Å². The quantitative estimate of drug-likeness (QED) is 0.593. The Morgan fingerprint density at radius 1 is 1.43 bits per heavy atom. The van der Waals surface area contributed by atoms with E-state index >= 15 is 0 Å². The van der Waals surface area contributed by atoms with Crippen molar-refractivity contribution in [1.29, 1.82) is 0 Å². The van der Waals surface area contributed by atoms with Crippen LogP contribution in [0.5, 0.6) is 0 Å². The summed E-state index contributed by atoms with van der Waals surface area (Å²) in [6.45, 7) is 4.41. The fourth-order valence-corrected chi connectivity index (χ4v) is 2.46. The van der Waals surface area contributed by atoms with E-state index in [-0.39, 0.29) is 6.61 Å². The molecule has 0 spiro atoms. The normalized spacial score (nSPS) is 10.5. The van der Waals surface area contributed by atoms with Gasteiger partial charge in [0, 0.05) is 16.3 Å². The summed E-state index contributed by atoms with van der Waals surface area (Å²) >= 11 is 1.70. The zero-order chi connectivity index (χ0) is 10.6. The van der Waals surface area contributed by atoms with Gasteiger partial charge in [0.15, 0.2) is 0 Å². The van der Waals surface area contributed by atoms with Gasteiger partial charge in [0.05, 0.1) is 6.61 Å². The van der Waals surface area contributed by atoms with E-state index in [0.717, 1.165) is 17.9 Å². The number of aryl methyl sites for hydroxylation is 2. The number of rotatable bonds is 4. The molecule has 3 heteroatoms. The van der Waals surface area contributed by atoms with Crippen molar-refractivity contribution >= 4 is 17.4 Å². The van der Waals surface area contributed by atoms with Gasteiger partial charge < -0.3 is 10.8 Å². The van der Waals surface area contributed by atoms with Crippen molar-refractivity contribution in [2.75, 3.05) is 18.1 Å². The number of nitrogen functional groups attached to an aromatic ring is 1. The van der Waals surface area contributed by atoms with Gasteiger partial charge in [0.25, 0.3) is 0 Å². The third-order valence-electron chi connectivity index (χ3n) is 2.09. The molecular weight excluding hydrogens is 194 g/mol. The van der Waals surface area contributed by atoms with E-state index in [0.29, 0.717) is 0 Å². The zero-order valence-corrected chi connectivity index (χ0v) is 9.53. The Labute approximate surface area is 89.5 Å². The van der Waals surface area contributed by atoms with E-state index < -0.39 is 0 Å². The molecule has 0 bridgehead atoms. The van der Waals surface area contributed by atoms with Crippen LogP contribution in [0.15, 0.2) is 17.0 Å². The molecule has 0 aliphatic carbocycles. The van der Waals surface area contributed by atoms with Gasteiger partial charge in [0.1, 0.15) is 0 Å². The lowest BCUT2D eigenvalue weighted by Crippen LogP contribution is -1.96. The molecule has 0 radical (unpaired) electrons. The second kappa shape index (κ2) is 5.27. The molecule has 0 saturated carbocycles. The van der Waals surface area contributed by atoms with E-state index in [4.69, 9.17) is 10.8 Å². The summed E-state index contributed by atoms with van der Waals surface area (Å²) in [6.07, 6.45) is 0.986. The third-order valence-corrected chi connectivity index (χ3v) is 3.35. The van der Waals surface area contributed by atoms with E-state index in [1.165, 1.54) is 16.0 Å². The minimum absolute atomic E-state index is 0.220. The maximum absolute atomic E-state index is 8.79. The van der Waals surface area contributed by atoms with Crippen molar-refractivity contribution in [2.45, 2.75) is 25.2 Å². The molecule has 0 aromatic heterocycles. The monoisotopic (exact) mass is 211 g/mol. The van der Waals surface area contributed by atoms with E-state index in [9.17, 15) is 0 Å². The highest BCUT2D eigenvalue weighted by Gasteiger charge is 2.05. The number of aliphatic hydroxyl groups excluding tert-OH is 1. The first-order valence-electron chi connectivity index (χ1n) is 4.81. The highest BCUT2D eigenvalue weighted by atomic mass is 32.2. The van der Waals surface area contributed by atoms with Crippen LogP contribution in [0.25, 0.3) is 0 Å². The minimum Gasteiger partial charge on any atom is -0.399 e. The second-order valence-electron chi connectivity index (χ2n) is 3.25. The smallest absolute Gasteiger partial charge is 0.0525 e. The van der Waals surface area contributed by atoms with Crippen LogP contribution in [0.1, 0.15) is 18.1 Å². The van der Waals surface area contributed by atoms with E-state index in [2.05, 4.69) is 13.8 Å². The van der Waals surface area contributed by atoms with Crippen molar-refractivity contribution in [3.8, 4) is 0 Å². The lowest BCUT2D eigenvalue weighted by Gasteiger charge is -2.11. The largest absolute Gasteiger partial charge is 0.399 e. The zero-order valence-electron chi connectivity index (χ0n) is 8.71. The van der Waals surface area contributed by atoms with E-state index in [1.807, 2.05) is 12.1 Å². The topological polar surface area (TPSA) is 46.2 Å². The Bertz CT molecular complexity index is 312. The Morgan fingerprint density at radius 3 is 2.71 bits per heavy atom. The molecule has 1 aromatic carbocycles. The summed E-state index contributed by atoms with van der Waals surface area (Å²) in [4.78, 5) is 1.27. The highest BCUT2D eigenvalue weighted by Crippen LogP contribution is 2.29. The van der Waals surface area contributed by atoms with Crippen molar-refractivity contribution < 1.29 is 5.11 Å². The molecule has 0 atom stereocenters. The van der Waals surface area contributed by atoms with Crippen LogP contribution in [-0.4, -0.2) is 17.5 Å². The number of hydrogen-bond donors (Lipinski definition) is 2. The van der Waals surface area contributed by atoms with Crippen LogP contribution < -0.4 is 5.73 Å². The molecule has 0 saturated heterocycles. The molecule has 0 amide bonds. The van der Waals surface area contributed by atoms with Gasteiger partial charge in [-0.1, -0.05) is 6.92 Å². The van der Waals surface area contributed by atoms with Crippen LogP contribution in [0.2, 0.25) is 0 Å². The van der Waals surface area contributed by atoms with Gasteiger partial charge in [-0.3, -0.25) is 0 Å². The van der Waals surface area contributed by atoms with Gasteiger partial charge in [-0.2, -0.15) is 0 Å². The fraction of sp³-hybridized carbons (Fsp3) is 0.455. The standard InChI is InChI=1S/C11H17NOS/c1-3-9-7-10(12)6-8(2)11(9)14-5-4-13/h6-7,13H,3-5,12H2,1-2H3. The number of thioether (sulfide) groups is 1. The van der Waals surface area contributed by atoms with Gasteiger partial charge in [-0.15, -0.1) is 11.8 Å². The van der Waals surface area contributed by atoms with Crippen molar-refractivity contribution in [3.05, 3.63) is 23.3 Å². The molecule has 0 unspecified atom stereocenters. The maximum atomic E-state index is 8.79. The molecule has 2 nitrogen and oxygen atoms in total. The Balaban J connectivity index is 2.99. The number of benzene rings is 1. The van der Waals surface area contributed by atoms with Crippen molar-refractivity contribution in [2.24, 2.45) is 0 Å². The van der Waals surface area contributed by atoms with Gasteiger partial charge in [-0.25, -0.2) is 0 Å². The molecule has 3 N–H and O–H groups in total. The average Bonchev–Trinajstić information content (AvgIpc) is 2.15. The first kappa shape index (κ1) is 11.4. The lowest BCUT2D eigenvalue weighted by molar-refractivity contribution is 0.322. The molecule has 78 valence electrons. The SMILES string of the molecule is CCc1cc(N)cc(C)c1SCCO. The molecular formula is C11H17NOS. The number of hydrogen-bond acceptors (Lipinski definition) is 3. The summed E-state index contributed by atoms with van der Waals surface area (Å²) < 4.78 is 0. The first-order chi connectivity index (χ1) is 6.69. The molecule has 0 heterocycles. The van der Waals surface area contributed by atoms with Crippen LogP contribution >= 0.6 is 11.8 Å². The van der Waals surface area contributed by atoms with Gasteiger partial charge >= 0.3 is 0 Å². The Kier molecular flexibility index (Phi) is 4.29. The van der Waals surface area contributed by atoms with Crippen molar-refractivity contribution in [1.82, 2.24) is 0 Å². The summed E-state index contributed by atoms with van der Waals surface area (Å²) in [7, 11) is 0. The van der Waals surface area contributed by atoms with Crippen LogP contribution in [0, 0.1) is 6.92 Å². The maximum Gasteiger partial charge on any atom is 0.0525 e. The van der Waals surface area contributed by atoms with Crippen molar-refractivity contribution in [3.63, 3.8) is 0 Å². The van der Waals surface area contributed by atoms with Gasteiger partial charge in [-0.05, 0) is 36.6 Å². The molecule has 0 fully saturated rings. The predicted octanol–water partition coefficient (Wildman–Crippen LogP) is 2.22. The molecule has 1 aromatic rings. The average molecular weight is 211 g/mol.